The molecule has 0 amide bonds. The Hall–Kier alpha value is -3.12. The minimum Gasteiger partial charge on any atom is -0.315 e. The highest BCUT2D eigenvalue weighted by Gasteiger charge is 2.10. The number of aromatic nitrogens is 6. The highest BCUT2D eigenvalue weighted by atomic mass is 32.2. The van der Waals surface area contributed by atoms with Gasteiger partial charge in [0, 0.05) is 30.6 Å². The van der Waals surface area contributed by atoms with E-state index >= 15 is 0 Å². The third kappa shape index (κ3) is 4.01. The van der Waals surface area contributed by atoms with Crippen molar-refractivity contribution >= 4 is 48.5 Å². The van der Waals surface area contributed by atoms with Crippen molar-refractivity contribution in [3.8, 4) is 11.1 Å². The molecule has 0 bridgehead atoms. The van der Waals surface area contributed by atoms with Crippen molar-refractivity contribution < 1.29 is 8.42 Å². The third-order valence-electron chi connectivity index (χ3n) is 3.51. The molecular formula is C15H14N8O2S2. The first kappa shape index (κ1) is 17.3. The fraction of sp³-hybridized carbons (Fsp3) is 0.133. The van der Waals surface area contributed by atoms with Gasteiger partial charge in [-0.25, -0.2) is 13.4 Å². The van der Waals surface area contributed by atoms with Crippen LogP contribution in [0.3, 0.4) is 0 Å². The molecule has 0 unspecified atom stereocenters. The van der Waals surface area contributed by atoms with Crippen molar-refractivity contribution in [1.82, 2.24) is 29.9 Å². The highest BCUT2D eigenvalue weighted by molar-refractivity contribution is 7.92. The van der Waals surface area contributed by atoms with E-state index in [4.69, 9.17) is 0 Å². The maximum Gasteiger partial charge on any atom is 0.231 e. The molecule has 138 valence electrons. The second-order valence-corrected chi connectivity index (χ2v) is 8.50. The number of hydrogen-bond acceptors (Lipinski definition) is 9. The van der Waals surface area contributed by atoms with Crippen LogP contribution in [0.1, 0.15) is 0 Å². The Bertz CT molecular complexity index is 1230. The Morgan fingerprint density at radius 3 is 2.63 bits per heavy atom. The predicted molar refractivity (Wildman–Crippen MR) is 103 cm³/mol. The van der Waals surface area contributed by atoms with Crippen LogP contribution in [0.15, 0.2) is 36.8 Å². The number of anilines is 3. The van der Waals surface area contributed by atoms with Gasteiger partial charge in [0.2, 0.25) is 20.3 Å². The van der Waals surface area contributed by atoms with Gasteiger partial charge in [0.25, 0.3) is 0 Å². The molecule has 27 heavy (non-hydrogen) atoms. The van der Waals surface area contributed by atoms with Crippen molar-refractivity contribution in [1.29, 1.82) is 0 Å². The molecule has 0 saturated carbocycles. The normalized spacial score (nSPS) is 11.6. The van der Waals surface area contributed by atoms with Crippen molar-refractivity contribution in [2.24, 2.45) is 7.05 Å². The first-order chi connectivity index (χ1) is 12.9. The zero-order chi connectivity index (χ0) is 19.0. The van der Waals surface area contributed by atoms with Crippen LogP contribution in [0, 0.1) is 0 Å². The van der Waals surface area contributed by atoms with Crippen LogP contribution in [0.2, 0.25) is 0 Å². The van der Waals surface area contributed by atoms with Crippen molar-refractivity contribution in [3.63, 3.8) is 0 Å². The van der Waals surface area contributed by atoms with Crippen LogP contribution < -0.4 is 10.0 Å². The first-order valence-electron chi connectivity index (χ1n) is 7.70. The lowest BCUT2D eigenvalue weighted by molar-refractivity contribution is 0.606. The van der Waals surface area contributed by atoms with E-state index in [-0.39, 0.29) is 5.13 Å². The molecule has 0 atom stereocenters. The molecule has 0 radical (unpaired) electrons. The summed E-state index contributed by atoms with van der Waals surface area (Å²) in [6.07, 6.45) is 6.51. The molecule has 0 saturated heterocycles. The lowest BCUT2D eigenvalue weighted by atomic mass is 10.1. The number of rotatable bonds is 5. The minimum atomic E-state index is -3.40. The molecule has 4 aromatic heterocycles. The average Bonchev–Trinajstić information content (AvgIpc) is 3.22. The van der Waals surface area contributed by atoms with Gasteiger partial charge in [0.05, 0.1) is 23.5 Å². The highest BCUT2D eigenvalue weighted by Crippen LogP contribution is 2.26. The number of hydrogen-bond donors (Lipinski definition) is 2. The molecule has 4 heterocycles. The van der Waals surface area contributed by atoms with E-state index in [1.54, 1.807) is 23.1 Å². The molecule has 0 aromatic carbocycles. The van der Waals surface area contributed by atoms with Gasteiger partial charge >= 0.3 is 0 Å². The molecule has 4 aromatic rings. The lowest BCUT2D eigenvalue weighted by Gasteiger charge is -2.04. The zero-order valence-electron chi connectivity index (χ0n) is 14.3. The van der Waals surface area contributed by atoms with E-state index in [1.165, 1.54) is 0 Å². The van der Waals surface area contributed by atoms with Crippen molar-refractivity contribution in [3.05, 3.63) is 36.8 Å². The average molecular weight is 402 g/mol. The SMILES string of the molecule is Cn1cc(-c2cnc3ccc(Nc4nnc(NS(C)(=O)=O)s4)nc3c2)cn1. The smallest absolute Gasteiger partial charge is 0.231 e. The van der Waals surface area contributed by atoms with Gasteiger partial charge < -0.3 is 5.32 Å². The summed E-state index contributed by atoms with van der Waals surface area (Å²) in [6.45, 7) is 0. The fourth-order valence-corrected chi connectivity index (χ4v) is 3.87. The van der Waals surface area contributed by atoms with Crippen LogP contribution >= 0.6 is 11.3 Å². The van der Waals surface area contributed by atoms with Crippen LogP contribution in [-0.2, 0) is 17.1 Å². The maximum atomic E-state index is 11.2. The lowest BCUT2D eigenvalue weighted by Crippen LogP contribution is -2.08. The number of nitrogens with one attached hydrogen (secondary N) is 2. The number of sulfonamides is 1. The van der Waals surface area contributed by atoms with E-state index in [0.717, 1.165) is 34.2 Å². The number of aryl methyl sites for hydroxylation is 1. The quantitative estimate of drug-likeness (QED) is 0.519. The van der Waals surface area contributed by atoms with Gasteiger partial charge in [0.1, 0.15) is 5.82 Å². The van der Waals surface area contributed by atoms with Crippen LogP contribution in [-0.4, -0.2) is 44.6 Å². The van der Waals surface area contributed by atoms with Gasteiger partial charge in [-0.05, 0) is 18.2 Å². The summed E-state index contributed by atoms with van der Waals surface area (Å²) >= 11 is 1.07. The maximum absolute atomic E-state index is 11.2. The van der Waals surface area contributed by atoms with E-state index in [2.05, 4.69) is 35.3 Å². The molecular weight excluding hydrogens is 388 g/mol. The molecule has 0 aliphatic carbocycles. The van der Waals surface area contributed by atoms with E-state index in [0.29, 0.717) is 16.5 Å². The third-order valence-corrected chi connectivity index (χ3v) is 4.96. The molecule has 4 rings (SSSR count). The Morgan fingerprint density at radius 1 is 1.07 bits per heavy atom. The van der Waals surface area contributed by atoms with Gasteiger partial charge in [-0.15, -0.1) is 10.2 Å². The summed E-state index contributed by atoms with van der Waals surface area (Å²) in [7, 11) is -1.54. The second kappa shape index (κ2) is 6.55. The number of pyridine rings is 2. The van der Waals surface area contributed by atoms with Gasteiger partial charge in [-0.1, -0.05) is 11.3 Å². The summed E-state index contributed by atoms with van der Waals surface area (Å²) in [6, 6.07) is 5.54. The van der Waals surface area contributed by atoms with Gasteiger partial charge in [-0.3, -0.25) is 14.4 Å². The summed E-state index contributed by atoms with van der Waals surface area (Å²) in [5.41, 5.74) is 3.33. The van der Waals surface area contributed by atoms with Crippen molar-refractivity contribution in [2.45, 2.75) is 0 Å². The van der Waals surface area contributed by atoms with Crippen LogP contribution in [0.5, 0.6) is 0 Å². The Labute approximate surface area is 158 Å². The molecule has 2 N–H and O–H groups in total. The Morgan fingerprint density at radius 2 is 1.89 bits per heavy atom. The first-order valence-corrected chi connectivity index (χ1v) is 10.4. The molecule has 0 aliphatic heterocycles. The summed E-state index contributed by atoms with van der Waals surface area (Å²) in [5, 5.41) is 15.5. The molecule has 0 spiro atoms. The largest absolute Gasteiger partial charge is 0.315 e. The van der Waals surface area contributed by atoms with E-state index in [1.807, 2.05) is 25.4 Å². The van der Waals surface area contributed by atoms with Gasteiger partial charge in [-0.2, -0.15) is 5.10 Å². The minimum absolute atomic E-state index is 0.182. The Balaban J connectivity index is 1.61. The fourth-order valence-electron chi connectivity index (χ4n) is 2.39. The second-order valence-electron chi connectivity index (χ2n) is 5.77. The molecule has 0 aliphatic rings. The monoisotopic (exact) mass is 402 g/mol. The van der Waals surface area contributed by atoms with Crippen LogP contribution in [0.25, 0.3) is 22.2 Å². The summed E-state index contributed by atoms with van der Waals surface area (Å²) in [5.74, 6) is 0.551. The molecule has 0 fully saturated rings. The number of fused-ring (bicyclic) bond motifs is 1. The molecule has 10 nitrogen and oxygen atoms in total. The predicted octanol–water partition coefficient (Wildman–Crippen LogP) is 2.00. The standard InChI is InChI=1S/C15H14N8O2S2/c1-23-8-10(7-17-23)9-5-12-11(16-6-9)3-4-13(18-12)19-14-20-21-15(26-14)22-27(2,24)25/h3-8H,1-2H3,(H,21,22)(H,18,19,20). The zero-order valence-corrected chi connectivity index (χ0v) is 15.9. The topological polar surface area (TPSA) is 128 Å². The van der Waals surface area contributed by atoms with Crippen LogP contribution in [0.4, 0.5) is 16.1 Å². The summed E-state index contributed by atoms with van der Waals surface area (Å²) in [4.78, 5) is 8.98. The van der Waals surface area contributed by atoms with Crippen molar-refractivity contribution in [2.75, 3.05) is 16.3 Å². The van der Waals surface area contributed by atoms with E-state index < -0.39 is 10.0 Å². The molecule has 12 heteroatoms. The van der Waals surface area contributed by atoms with E-state index in [9.17, 15) is 8.42 Å². The number of nitrogens with zero attached hydrogens (tertiary/aromatic N) is 6. The summed E-state index contributed by atoms with van der Waals surface area (Å²) < 4.78 is 26.5. The Kier molecular flexibility index (Phi) is 4.20. The van der Waals surface area contributed by atoms with Gasteiger partial charge in [0.15, 0.2) is 0 Å².